The van der Waals surface area contributed by atoms with Crippen molar-refractivity contribution in [2.75, 3.05) is 14.1 Å². The van der Waals surface area contributed by atoms with E-state index in [1.807, 2.05) is 30.3 Å². The molecule has 0 saturated heterocycles. The highest BCUT2D eigenvalue weighted by Crippen LogP contribution is 2.22. The molecule has 0 bridgehead atoms. The number of aryl methyl sites for hydroxylation is 1. The van der Waals surface area contributed by atoms with Crippen molar-refractivity contribution in [3.05, 3.63) is 65.7 Å². The van der Waals surface area contributed by atoms with Gasteiger partial charge in [-0.25, -0.2) is 4.79 Å². The number of benzene rings is 2. The monoisotopic (exact) mass is 482 g/mol. The first kappa shape index (κ1) is 28.9. The molecule has 0 aromatic heterocycles. The van der Waals surface area contributed by atoms with E-state index in [2.05, 4.69) is 59.1 Å². The third-order valence-corrected chi connectivity index (χ3v) is 6.72. The molecule has 2 rings (SSSR count). The Kier molecular flexibility index (Phi) is 12.9. The number of carbonyl (C=O) groups excluding carboxylic acids is 1. The third kappa shape index (κ3) is 10.4. The molecule has 4 nitrogen and oxygen atoms in total. The van der Waals surface area contributed by atoms with Gasteiger partial charge in [0.1, 0.15) is 12.3 Å². The maximum Gasteiger partial charge on any atom is 0.368 e. The van der Waals surface area contributed by atoms with Crippen LogP contribution in [0.2, 0.25) is 0 Å². The molecule has 0 aliphatic carbocycles. The van der Waals surface area contributed by atoms with Gasteiger partial charge in [0, 0.05) is 18.4 Å². The van der Waals surface area contributed by atoms with E-state index in [1.165, 1.54) is 49.7 Å². The number of hydrogen-bond acceptors (Lipinski definition) is 3. The van der Waals surface area contributed by atoms with Crippen molar-refractivity contribution in [3.8, 4) is 5.75 Å². The van der Waals surface area contributed by atoms with E-state index in [0.29, 0.717) is 17.3 Å². The zero-order valence-corrected chi connectivity index (χ0v) is 22.8. The van der Waals surface area contributed by atoms with Crippen LogP contribution in [-0.2, 0) is 22.5 Å². The summed E-state index contributed by atoms with van der Waals surface area (Å²) in [5.41, 5.74) is 2.55. The standard InChI is InChI=1S/C31H48NO3/c1-6-9-10-11-12-14-18-26-21-23-28(24-22-26)34-30(17-7-2)35-31(33)29(8-3)32(4,5)25-27-19-15-13-16-20-27/h13,15-16,19-24,29-30H,6-12,14,17-18,25H2,1-5H3/q+1. The second-order valence-corrected chi connectivity index (χ2v) is 10.3. The second-order valence-electron chi connectivity index (χ2n) is 10.3. The lowest BCUT2D eigenvalue weighted by Crippen LogP contribution is -2.53. The van der Waals surface area contributed by atoms with Gasteiger partial charge in [-0.2, -0.15) is 0 Å². The van der Waals surface area contributed by atoms with Crippen LogP contribution in [0.5, 0.6) is 5.75 Å². The molecule has 0 radical (unpaired) electrons. The van der Waals surface area contributed by atoms with E-state index in [9.17, 15) is 4.79 Å². The summed E-state index contributed by atoms with van der Waals surface area (Å²) in [7, 11) is 4.20. The lowest BCUT2D eigenvalue weighted by atomic mass is 10.0. The maximum atomic E-state index is 13.2. The summed E-state index contributed by atoms with van der Waals surface area (Å²) in [6.07, 6.45) is 10.7. The van der Waals surface area contributed by atoms with Gasteiger partial charge in [0.2, 0.25) is 6.29 Å². The Morgan fingerprint density at radius 3 is 2.09 bits per heavy atom. The van der Waals surface area contributed by atoms with Gasteiger partial charge >= 0.3 is 5.97 Å². The van der Waals surface area contributed by atoms with Gasteiger partial charge in [-0.15, -0.1) is 0 Å². The molecule has 2 aromatic rings. The van der Waals surface area contributed by atoms with Crippen molar-refractivity contribution in [2.24, 2.45) is 0 Å². The van der Waals surface area contributed by atoms with E-state index in [1.54, 1.807) is 0 Å². The summed E-state index contributed by atoms with van der Waals surface area (Å²) in [5.74, 6) is 0.570. The molecule has 0 N–H and O–H groups in total. The van der Waals surface area contributed by atoms with Crippen molar-refractivity contribution in [2.45, 2.75) is 104 Å². The first-order chi connectivity index (χ1) is 16.9. The molecule has 0 spiro atoms. The van der Waals surface area contributed by atoms with Gasteiger partial charge in [0.25, 0.3) is 0 Å². The minimum atomic E-state index is -0.567. The van der Waals surface area contributed by atoms with Gasteiger partial charge in [-0.1, -0.05) is 95.3 Å². The predicted molar refractivity (Wildman–Crippen MR) is 145 cm³/mol. The van der Waals surface area contributed by atoms with E-state index in [-0.39, 0.29) is 12.0 Å². The topological polar surface area (TPSA) is 35.5 Å². The van der Waals surface area contributed by atoms with Crippen LogP contribution in [0.4, 0.5) is 0 Å². The molecule has 0 fully saturated rings. The van der Waals surface area contributed by atoms with Gasteiger partial charge < -0.3 is 14.0 Å². The molecule has 2 aromatic carbocycles. The predicted octanol–water partition coefficient (Wildman–Crippen LogP) is 7.69. The quantitative estimate of drug-likeness (QED) is 0.100. The number of esters is 1. The van der Waals surface area contributed by atoms with Gasteiger partial charge in [-0.3, -0.25) is 0 Å². The summed E-state index contributed by atoms with van der Waals surface area (Å²) in [6, 6.07) is 18.4. The summed E-state index contributed by atoms with van der Waals surface area (Å²) in [5, 5.41) is 0. The second kappa shape index (κ2) is 15.6. The van der Waals surface area contributed by atoms with Gasteiger partial charge in [0.15, 0.2) is 6.04 Å². The number of unbranched alkanes of at least 4 members (excludes halogenated alkanes) is 5. The Morgan fingerprint density at radius 1 is 0.800 bits per heavy atom. The third-order valence-electron chi connectivity index (χ3n) is 6.72. The minimum Gasteiger partial charge on any atom is -0.455 e. The first-order valence-corrected chi connectivity index (χ1v) is 13.7. The zero-order chi connectivity index (χ0) is 25.5. The highest BCUT2D eigenvalue weighted by Gasteiger charge is 2.36. The molecule has 4 heteroatoms. The number of nitrogens with zero attached hydrogens (tertiary/aromatic N) is 1. The van der Waals surface area contributed by atoms with Gasteiger partial charge in [0.05, 0.1) is 14.1 Å². The fraction of sp³-hybridized carbons (Fsp3) is 0.581. The lowest BCUT2D eigenvalue weighted by Gasteiger charge is -2.36. The van der Waals surface area contributed by atoms with Crippen LogP contribution in [0, 0.1) is 0 Å². The highest BCUT2D eigenvalue weighted by atomic mass is 16.7. The Labute approximate surface area is 214 Å². The van der Waals surface area contributed by atoms with Crippen molar-refractivity contribution in [3.63, 3.8) is 0 Å². The lowest BCUT2D eigenvalue weighted by molar-refractivity contribution is -0.919. The number of carbonyl (C=O) groups is 1. The Bertz CT molecular complexity index is 832. The normalized spacial score (nSPS) is 13.3. The Balaban J connectivity index is 1.92. The van der Waals surface area contributed by atoms with Crippen LogP contribution < -0.4 is 4.74 Å². The molecule has 194 valence electrons. The molecule has 0 heterocycles. The zero-order valence-electron chi connectivity index (χ0n) is 22.8. The Hall–Kier alpha value is -2.33. The van der Waals surface area contributed by atoms with Crippen LogP contribution in [0.1, 0.15) is 89.7 Å². The highest BCUT2D eigenvalue weighted by molar-refractivity contribution is 5.74. The first-order valence-electron chi connectivity index (χ1n) is 13.7. The fourth-order valence-corrected chi connectivity index (χ4v) is 4.69. The minimum absolute atomic E-state index is 0.188. The summed E-state index contributed by atoms with van der Waals surface area (Å²) in [6.45, 7) is 7.16. The number of quaternary nitrogens is 1. The number of ether oxygens (including phenoxy) is 2. The summed E-state index contributed by atoms with van der Waals surface area (Å²) < 4.78 is 12.6. The largest absolute Gasteiger partial charge is 0.455 e. The van der Waals surface area contributed by atoms with Crippen molar-refractivity contribution in [1.29, 1.82) is 0 Å². The van der Waals surface area contributed by atoms with Crippen LogP contribution in [0.3, 0.4) is 0 Å². The average Bonchev–Trinajstić information content (AvgIpc) is 2.83. The van der Waals surface area contributed by atoms with E-state index in [0.717, 1.165) is 25.1 Å². The van der Waals surface area contributed by atoms with Crippen molar-refractivity contribution in [1.82, 2.24) is 0 Å². The molecular weight excluding hydrogens is 434 g/mol. The van der Waals surface area contributed by atoms with E-state index >= 15 is 0 Å². The van der Waals surface area contributed by atoms with E-state index in [4.69, 9.17) is 9.47 Å². The molecule has 0 aliphatic rings. The van der Waals surface area contributed by atoms with Crippen molar-refractivity contribution >= 4 is 5.97 Å². The smallest absolute Gasteiger partial charge is 0.368 e. The van der Waals surface area contributed by atoms with Crippen LogP contribution in [0.15, 0.2) is 54.6 Å². The van der Waals surface area contributed by atoms with Crippen LogP contribution >= 0.6 is 0 Å². The molecule has 0 amide bonds. The average molecular weight is 483 g/mol. The van der Waals surface area contributed by atoms with Gasteiger partial charge in [-0.05, 0) is 37.0 Å². The van der Waals surface area contributed by atoms with Crippen LogP contribution in [0.25, 0.3) is 0 Å². The number of hydrogen-bond donors (Lipinski definition) is 0. The molecule has 0 aliphatic heterocycles. The molecule has 0 saturated carbocycles. The Morgan fingerprint density at radius 2 is 1.46 bits per heavy atom. The van der Waals surface area contributed by atoms with Crippen molar-refractivity contribution < 1.29 is 18.8 Å². The molecule has 35 heavy (non-hydrogen) atoms. The summed E-state index contributed by atoms with van der Waals surface area (Å²) >= 11 is 0. The maximum absolute atomic E-state index is 13.2. The molecule has 2 unspecified atom stereocenters. The fourth-order valence-electron chi connectivity index (χ4n) is 4.69. The summed E-state index contributed by atoms with van der Waals surface area (Å²) in [4.78, 5) is 13.2. The molecular formula is C31H48NO3+. The molecule has 2 atom stereocenters. The van der Waals surface area contributed by atoms with Crippen LogP contribution in [-0.4, -0.2) is 36.9 Å². The number of likely N-dealkylation sites (N-methyl/N-ethyl adjacent to an activating group) is 1. The van der Waals surface area contributed by atoms with E-state index < -0.39 is 6.29 Å². The number of rotatable bonds is 17. The SMILES string of the molecule is CCCCCCCCc1ccc(OC(CCC)OC(=O)C(CC)[N+](C)(C)Cc2ccccc2)cc1.